The Labute approximate surface area is 570 Å². The molecule has 0 aliphatic rings. The van der Waals surface area contributed by atoms with Crippen molar-refractivity contribution >= 4 is 25.3 Å². The summed E-state index contributed by atoms with van der Waals surface area (Å²) in [5.41, 5.74) is 16.3. The van der Waals surface area contributed by atoms with Crippen LogP contribution in [0.2, 0.25) is 0 Å². The van der Waals surface area contributed by atoms with Crippen molar-refractivity contribution < 1.29 is 33.4 Å². The number of nitrogens with zero attached hydrogens (tertiary/aromatic N) is 9. The molecule has 464 valence electrons. The van der Waals surface area contributed by atoms with Crippen LogP contribution in [0, 0.1) is 6.07 Å². The van der Waals surface area contributed by atoms with Crippen molar-refractivity contribution in [3.05, 3.63) is 352 Å². The van der Waals surface area contributed by atoms with Gasteiger partial charge in [0.15, 0.2) is 0 Å². The number of phenols is 1. The van der Waals surface area contributed by atoms with Crippen molar-refractivity contribution in [3.63, 3.8) is 0 Å². The number of aromatic hydroxyl groups is 1. The van der Waals surface area contributed by atoms with E-state index >= 15 is 0 Å². The zero-order valence-electron chi connectivity index (χ0n) is 49.7. The molecule has 0 radical (unpaired) electrons. The van der Waals surface area contributed by atoms with Gasteiger partial charge in [-0.3, -0.25) is 4.68 Å². The quantitative estimate of drug-likeness (QED) is 0.0885. The summed E-state index contributed by atoms with van der Waals surface area (Å²) in [5.74, 6) is 2.64. The molecule has 6 heterocycles. The van der Waals surface area contributed by atoms with Crippen molar-refractivity contribution in [3.8, 4) is 113 Å². The van der Waals surface area contributed by atoms with Crippen LogP contribution in [0.5, 0.6) is 29.0 Å². The minimum absolute atomic E-state index is 0. The molecule has 15 rings (SSSR count). The molecule has 0 fully saturated rings. The Morgan fingerprint density at radius 3 is 1.14 bits per heavy atom. The smallest absolute Gasteiger partial charge is 0.219 e. The molecule has 1 N–H and O–H groups in total. The summed E-state index contributed by atoms with van der Waals surface area (Å²) in [4.78, 5) is 12.3. The summed E-state index contributed by atoms with van der Waals surface area (Å²) >= 11 is 4.81. The second-order valence-electron chi connectivity index (χ2n) is 20.5. The monoisotopic (exact) mass is 1490 g/mol. The van der Waals surface area contributed by atoms with Crippen LogP contribution in [0.3, 0.4) is 0 Å². The van der Waals surface area contributed by atoms with E-state index in [-0.39, 0.29) is 13.2 Å². The van der Waals surface area contributed by atoms with Gasteiger partial charge < -0.3 is 14.6 Å². The Hall–Kier alpha value is -11.1. The summed E-state index contributed by atoms with van der Waals surface area (Å²) in [7, 11) is 4.61. The van der Waals surface area contributed by atoms with Gasteiger partial charge in [-0.25, -0.2) is 24.3 Å². The number of rotatable bonds is 13. The summed E-state index contributed by atoms with van der Waals surface area (Å²) < 4.78 is 17.9. The maximum absolute atomic E-state index is 9.60. The number of halogens is 2. The molecule has 0 unspecified atom stereocenters. The van der Waals surface area contributed by atoms with Crippen LogP contribution in [-0.4, -0.2) is 49.4 Å². The van der Waals surface area contributed by atoms with Crippen LogP contribution in [0.4, 0.5) is 0 Å². The third kappa shape index (κ3) is 18.3. The molecule has 9 aromatic carbocycles. The van der Waals surface area contributed by atoms with E-state index < -0.39 is 0 Å². The molecule has 0 aliphatic heterocycles. The fourth-order valence-corrected chi connectivity index (χ4v) is 9.90. The maximum atomic E-state index is 9.60. The molecule has 0 saturated heterocycles. The topological polar surface area (TPSA) is 131 Å². The molecular formula is C79H61BrClN9O3Pt. The van der Waals surface area contributed by atoms with E-state index in [2.05, 4.69) is 195 Å². The third-order valence-corrected chi connectivity index (χ3v) is 14.7. The number of hydrogen-bond acceptors (Lipinski definition) is 9. The number of pyridine rings is 3. The van der Waals surface area contributed by atoms with Crippen LogP contribution in [0.1, 0.15) is 7.43 Å². The van der Waals surface area contributed by atoms with Crippen LogP contribution < -0.4 is 9.47 Å². The number of hydrogen-bond donors (Lipinski definition) is 1. The first-order valence-electron chi connectivity index (χ1n) is 29.3. The SMILES string of the molecule is Brc1ccccn1.C.Oc1cccc(-n2cc(-c3ccc(-c4ccccc4)cc3)cn2)c1.[Cl][Pt+].[c-]1c(Oc2ccccn2)cccc1-n1cc(-c2ccc(-c3ccccc3)cc2)cn1.c1ccc(-c2ccc(-c3cnn(-c4cccc(Oc5ccccn5)c4)c3)cc2)cc1. The van der Waals surface area contributed by atoms with Gasteiger partial charge in [-0.15, -0.1) is 18.2 Å². The van der Waals surface area contributed by atoms with E-state index in [9.17, 15) is 5.11 Å². The van der Waals surface area contributed by atoms with Crippen molar-refractivity contribution in [1.82, 2.24) is 44.3 Å². The number of phenolic OH excluding ortho intramolecular Hbond substituents is 1. The Morgan fingerprint density at radius 1 is 0.351 bits per heavy atom. The van der Waals surface area contributed by atoms with E-state index in [0.29, 0.717) is 17.5 Å². The predicted octanol–water partition coefficient (Wildman–Crippen LogP) is 20.7. The Balaban J connectivity index is 0.000000144. The van der Waals surface area contributed by atoms with Crippen molar-refractivity contribution in [1.29, 1.82) is 0 Å². The molecule has 0 aliphatic carbocycles. The van der Waals surface area contributed by atoms with E-state index in [1.807, 2.05) is 175 Å². The van der Waals surface area contributed by atoms with Gasteiger partial charge >= 0.3 is 28.2 Å². The Bertz CT molecular complexity index is 4500. The van der Waals surface area contributed by atoms with Crippen LogP contribution in [0.15, 0.2) is 345 Å². The van der Waals surface area contributed by atoms with Gasteiger partial charge in [-0.1, -0.05) is 202 Å². The average molecular weight is 1490 g/mol. The van der Waals surface area contributed by atoms with Gasteiger partial charge in [0.1, 0.15) is 16.1 Å². The van der Waals surface area contributed by atoms with E-state index in [4.69, 9.17) is 9.47 Å². The Morgan fingerprint density at radius 2 is 0.723 bits per heavy atom. The zero-order chi connectivity index (χ0) is 63.8. The molecule has 94 heavy (non-hydrogen) atoms. The molecule has 0 atom stereocenters. The van der Waals surface area contributed by atoms with Gasteiger partial charge in [-0.2, -0.15) is 21.4 Å². The summed E-state index contributed by atoms with van der Waals surface area (Å²) in [5, 5.41) is 23.0. The Kier molecular flexibility index (Phi) is 23.7. The number of benzene rings is 9. The van der Waals surface area contributed by atoms with Crippen LogP contribution >= 0.6 is 25.3 Å². The second kappa shape index (κ2) is 33.8. The number of aromatic nitrogens is 9. The first kappa shape index (κ1) is 65.9. The van der Waals surface area contributed by atoms with Crippen LogP contribution in [0.25, 0.3) is 83.8 Å². The molecule has 6 aromatic heterocycles. The molecule has 12 nitrogen and oxygen atoms in total. The fraction of sp³-hybridized carbons (Fsp3) is 0.0127. The largest absolute Gasteiger partial charge is 0.466 e. The summed E-state index contributed by atoms with van der Waals surface area (Å²) in [6.45, 7) is 0. The van der Waals surface area contributed by atoms with Crippen molar-refractivity contribution in [2.45, 2.75) is 7.43 Å². The van der Waals surface area contributed by atoms with E-state index in [0.717, 1.165) is 60.8 Å². The summed E-state index contributed by atoms with van der Waals surface area (Å²) in [6.07, 6.45) is 16.7. The van der Waals surface area contributed by atoms with Gasteiger partial charge in [0.25, 0.3) is 0 Å². The van der Waals surface area contributed by atoms with Gasteiger partial charge in [-0.05, 0) is 120 Å². The molecule has 0 spiro atoms. The molecule has 15 aromatic rings. The van der Waals surface area contributed by atoms with Crippen molar-refractivity contribution in [2.24, 2.45) is 0 Å². The zero-order valence-corrected chi connectivity index (χ0v) is 54.3. The van der Waals surface area contributed by atoms with E-state index in [1.54, 1.807) is 64.9 Å². The maximum Gasteiger partial charge on any atom is 0.219 e. The van der Waals surface area contributed by atoms with Gasteiger partial charge in [0.2, 0.25) is 11.8 Å². The minimum Gasteiger partial charge on any atom is -0.466 e. The molecule has 0 saturated carbocycles. The first-order chi connectivity index (χ1) is 45.9. The van der Waals surface area contributed by atoms with Crippen LogP contribution in [-0.2, 0) is 18.8 Å². The molecule has 0 amide bonds. The minimum atomic E-state index is 0. The summed E-state index contributed by atoms with van der Waals surface area (Å²) in [6, 6.07) is 97.2. The molecule has 15 heteroatoms. The van der Waals surface area contributed by atoms with E-state index in [1.165, 1.54) is 33.4 Å². The van der Waals surface area contributed by atoms with Crippen molar-refractivity contribution in [2.75, 3.05) is 0 Å². The standard InChI is InChI=1S/C26H19N3O.C26H18N3O.C21H16N2O.C5H4BrN.CH4.ClH.Pt/c2*1-2-7-20(8-3-1)21-12-14-22(15-13-21)23-18-28-29(19-23)24-9-6-10-25(17-24)30-26-11-4-5-16-27-26;24-21-8-4-7-20(13-21)23-15-19(14-22-23)18-11-9-17(10-12-18)16-5-2-1-3-6-16;6-5-3-1-2-4-7-5;;;/h1-19H;1-16,18-19H;1-15,24H;1-4H;1H4;1H;/q;-1;;;;;+2/p-1. The molecule has 0 bridgehead atoms. The molecular weight excluding hydrogens is 1430 g/mol. The normalized spacial score (nSPS) is 10.3. The predicted molar refractivity (Wildman–Crippen MR) is 377 cm³/mol. The second-order valence-corrected chi connectivity index (χ2v) is 21.3. The first-order valence-corrected chi connectivity index (χ1v) is 32.9. The fourth-order valence-electron chi connectivity index (χ4n) is 9.63. The van der Waals surface area contributed by atoms with Gasteiger partial charge in [0.05, 0.1) is 30.0 Å². The average Bonchev–Trinajstić information content (AvgIpc) is 2.87. The number of ether oxygens (including phenoxy) is 2. The van der Waals surface area contributed by atoms with Gasteiger partial charge in [0, 0.05) is 83.9 Å². The third-order valence-electron chi connectivity index (χ3n) is 14.2.